The molecule has 0 amide bonds. The number of phosphoric ester groups is 1. The quantitative estimate of drug-likeness (QED) is 0.0957. The van der Waals surface area contributed by atoms with Crippen molar-refractivity contribution in [1.29, 1.82) is 0 Å². The van der Waals surface area contributed by atoms with Crippen LogP contribution in [0.25, 0.3) is 10.4 Å². The third-order valence-corrected chi connectivity index (χ3v) is 9.75. The summed E-state index contributed by atoms with van der Waals surface area (Å²) >= 11 is 1.88. The van der Waals surface area contributed by atoms with E-state index >= 15 is 4.39 Å². The summed E-state index contributed by atoms with van der Waals surface area (Å²) in [7, 11) is -4.52. The van der Waals surface area contributed by atoms with Crippen molar-refractivity contribution in [3.8, 4) is 0 Å². The van der Waals surface area contributed by atoms with Crippen LogP contribution in [0.2, 0.25) is 0 Å². The molecule has 0 radical (unpaired) electrons. The number of azide groups is 1. The Balaban J connectivity index is 2.25. The van der Waals surface area contributed by atoms with Crippen LogP contribution < -0.4 is 11.2 Å². The summed E-state index contributed by atoms with van der Waals surface area (Å²) in [6, 6.07) is 0.939. The van der Waals surface area contributed by atoms with Crippen LogP contribution in [0.4, 0.5) is 4.39 Å². The van der Waals surface area contributed by atoms with Crippen LogP contribution in [0.1, 0.15) is 47.8 Å². The van der Waals surface area contributed by atoms with Crippen molar-refractivity contribution in [2.45, 2.75) is 65.6 Å². The highest BCUT2D eigenvalue weighted by Gasteiger charge is 2.57. The molecule has 2 heterocycles. The molecule has 2 N–H and O–H groups in total. The molecule has 0 aliphatic carbocycles. The van der Waals surface area contributed by atoms with E-state index in [1.165, 1.54) is 0 Å². The Morgan fingerprint density at radius 2 is 1.67 bits per heavy atom. The van der Waals surface area contributed by atoms with Gasteiger partial charge in [0.15, 0.2) is 22.6 Å². The number of nitrogens with zero attached hydrogens (tertiary/aromatic N) is 4. The number of nitrogens with one attached hydrogen (secondary N) is 1. The van der Waals surface area contributed by atoms with Gasteiger partial charge < -0.3 is 9.84 Å². The van der Waals surface area contributed by atoms with Gasteiger partial charge >= 0.3 is 13.5 Å². The highest BCUT2D eigenvalue weighted by molar-refractivity contribution is 8.14. The summed E-state index contributed by atoms with van der Waals surface area (Å²) in [5, 5.41) is 13.9. The molecule has 15 nitrogen and oxygen atoms in total. The number of aromatic nitrogens is 2. The summed E-state index contributed by atoms with van der Waals surface area (Å²) < 4.78 is 51.5. The minimum absolute atomic E-state index is 0.0802. The molecule has 0 saturated carbocycles. The van der Waals surface area contributed by atoms with Crippen LogP contribution in [0, 0.1) is 10.8 Å². The number of halogens is 1. The monoisotopic (exact) mass is 669 g/mol. The number of thioether (sulfide) groups is 2. The molecule has 0 aromatic carbocycles. The summed E-state index contributed by atoms with van der Waals surface area (Å²) in [5.74, 6) is 0.160. The molecule has 43 heavy (non-hydrogen) atoms. The van der Waals surface area contributed by atoms with Gasteiger partial charge in [0.25, 0.3) is 5.56 Å². The average molecular weight is 670 g/mol. The number of aromatic amines is 1. The first-order chi connectivity index (χ1) is 19.8. The fourth-order valence-electron chi connectivity index (χ4n) is 3.41. The molecule has 1 aliphatic heterocycles. The Kier molecular flexibility index (Phi) is 13.2. The van der Waals surface area contributed by atoms with E-state index in [9.17, 15) is 28.8 Å². The third kappa shape index (κ3) is 10.5. The Morgan fingerprint density at radius 1 is 1.14 bits per heavy atom. The van der Waals surface area contributed by atoms with E-state index in [4.69, 9.17) is 23.8 Å². The number of hydrogen-bond acceptors (Lipinski definition) is 13. The molecule has 1 fully saturated rings. The number of carbonyl (C=O) groups excluding carboxylic acids is 2. The van der Waals surface area contributed by atoms with Gasteiger partial charge in [-0.2, -0.15) is 0 Å². The maximum Gasteiger partial charge on any atom is 0.474 e. The molecule has 1 aliphatic rings. The first-order valence-electron chi connectivity index (χ1n) is 13.1. The lowest BCUT2D eigenvalue weighted by Crippen LogP contribution is -2.48. The van der Waals surface area contributed by atoms with Crippen LogP contribution in [0.15, 0.2) is 27.0 Å². The van der Waals surface area contributed by atoms with Crippen LogP contribution in [-0.2, 0) is 32.5 Å². The number of carbonyl (C=O) groups is 2. The summed E-state index contributed by atoms with van der Waals surface area (Å²) in [6.45, 7) is 8.27. The first-order valence-corrected chi connectivity index (χ1v) is 16.5. The van der Waals surface area contributed by atoms with Gasteiger partial charge in [0.05, 0.1) is 26.4 Å². The number of ether oxygens (including phenoxy) is 1. The van der Waals surface area contributed by atoms with Gasteiger partial charge in [-0.25, -0.2) is 13.8 Å². The van der Waals surface area contributed by atoms with Gasteiger partial charge in [-0.1, -0.05) is 70.2 Å². The number of H-pyrrole nitrogens is 1. The minimum atomic E-state index is -4.52. The topological polar surface area (TPSA) is 212 Å². The second-order valence-corrected chi connectivity index (χ2v) is 15.3. The van der Waals surface area contributed by atoms with Gasteiger partial charge in [0, 0.05) is 39.5 Å². The average Bonchev–Trinajstić information content (AvgIpc) is 3.15. The summed E-state index contributed by atoms with van der Waals surface area (Å²) in [4.78, 5) is 52.7. The standard InChI is InChI=1S/C24H37FN5O10PS2/c1-22(2,3)19(33)42-11-9-37-41(36,38-10-12-43-20(34)23(4,5)6)39-14-24(13-27-29-26)17(32)16(25)18(40-24)30-8-7-15(31)28-21(30)35/h7-8,16-18,32H,9-14H2,1-6H3,(H,28,31,35)/t16?,17-,18+,24+/m0/s1. The largest absolute Gasteiger partial charge is 0.474 e. The molecular formula is C24H37FN5O10PS2. The highest BCUT2D eigenvalue weighted by Crippen LogP contribution is 2.52. The number of phosphoric acid groups is 1. The second kappa shape index (κ2) is 15.3. The molecule has 2 rings (SSSR count). The molecule has 242 valence electrons. The number of rotatable bonds is 14. The van der Waals surface area contributed by atoms with Crippen LogP contribution >= 0.6 is 31.3 Å². The van der Waals surface area contributed by atoms with Crippen molar-refractivity contribution in [2.75, 3.05) is 37.9 Å². The smallest absolute Gasteiger partial charge is 0.387 e. The Morgan fingerprint density at radius 3 is 2.14 bits per heavy atom. The van der Waals surface area contributed by atoms with E-state index in [-0.39, 0.29) is 35.0 Å². The van der Waals surface area contributed by atoms with E-state index in [0.29, 0.717) is 4.57 Å². The van der Waals surface area contributed by atoms with E-state index in [1.54, 1.807) is 41.5 Å². The molecule has 1 aromatic heterocycles. The lowest BCUT2D eigenvalue weighted by molar-refractivity contribution is -0.122. The molecule has 19 heteroatoms. The van der Waals surface area contributed by atoms with Crippen molar-refractivity contribution in [3.05, 3.63) is 43.5 Å². The predicted molar refractivity (Wildman–Crippen MR) is 158 cm³/mol. The predicted octanol–water partition coefficient (Wildman–Crippen LogP) is 3.58. The van der Waals surface area contributed by atoms with Crippen molar-refractivity contribution in [1.82, 2.24) is 9.55 Å². The van der Waals surface area contributed by atoms with Crippen LogP contribution in [-0.4, -0.2) is 80.6 Å². The molecule has 0 spiro atoms. The maximum absolute atomic E-state index is 15.3. The Bertz CT molecular complexity index is 1320. The summed E-state index contributed by atoms with van der Waals surface area (Å²) in [5.41, 5.74) is 3.69. The SMILES string of the molecule is CC(C)(C)C(=O)SCCOP(=O)(OCCSC(=O)C(C)(C)C)OC[C@@]1(CN=[N+]=[N-])O[C@@H](n2ccc(=O)[nH]c2=O)C(F)[C@@H]1O. The number of hydrogen-bond donors (Lipinski definition) is 2. The number of aliphatic hydroxyl groups excluding tert-OH is 1. The van der Waals surface area contributed by atoms with Gasteiger partial charge in [-0.15, -0.1) is 0 Å². The molecule has 1 aromatic rings. The maximum atomic E-state index is 15.3. The molecule has 4 atom stereocenters. The van der Waals surface area contributed by atoms with Crippen molar-refractivity contribution >= 4 is 41.6 Å². The van der Waals surface area contributed by atoms with Crippen molar-refractivity contribution < 1.29 is 42.0 Å². The molecule has 0 bridgehead atoms. The van der Waals surface area contributed by atoms with Crippen LogP contribution in [0.3, 0.4) is 0 Å². The summed E-state index contributed by atoms with van der Waals surface area (Å²) in [6.07, 6.45) is -5.16. The minimum Gasteiger partial charge on any atom is -0.387 e. The fourth-order valence-corrected chi connectivity index (χ4v) is 6.45. The lowest BCUT2D eigenvalue weighted by Gasteiger charge is -2.31. The van der Waals surface area contributed by atoms with Gasteiger partial charge in [-0.3, -0.25) is 37.5 Å². The van der Waals surface area contributed by atoms with E-state index in [2.05, 4.69) is 10.0 Å². The molecule has 1 unspecified atom stereocenters. The van der Waals surface area contributed by atoms with Gasteiger partial charge in [0.1, 0.15) is 11.7 Å². The van der Waals surface area contributed by atoms with Crippen LogP contribution in [0.5, 0.6) is 0 Å². The van der Waals surface area contributed by atoms with Gasteiger partial charge in [0.2, 0.25) is 0 Å². The van der Waals surface area contributed by atoms with Crippen molar-refractivity contribution in [3.63, 3.8) is 0 Å². The first kappa shape index (κ1) is 37.2. The fraction of sp³-hybridized carbons (Fsp3) is 0.750. The highest BCUT2D eigenvalue weighted by atomic mass is 32.2. The zero-order valence-electron chi connectivity index (χ0n) is 24.7. The lowest BCUT2D eigenvalue weighted by atomic mass is 9.97. The Hall–Kier alpha value is -2.01. The number of aliphatic hydroxyl groups is 1. The number of alkyl halides is 1. The zero-order chi connectivity index (χ0) is 32.6. The molecular weight excluding hydrogens is 632 g/mol. The van der Waals surface area contributed by atoms with E-state index in [1.807, 2.05) is 4.98 Å². The second-order valence-electron chi connectivity index (χ2n) is 11.5. The zero-order valence-corrected chi connectivity index (χ0v) is 27.2. The van der Waals surface area contributed by atoms with Crippen molar-refractivity contribution in [2.24, 2.45) is 15.9 Å². The van der Waals surface area contributed by atoms with E-state index < -0.39 is 67.2 Å². The normalized spacial score (nSPS) is 22.7. The van der Waals surface area contributed by atoms with E-state index in [0.717, 1.165) is 35.8 Å². The third-order valence-electron chi connectivity index (χ3n) is 5.82. The molecule has 1 saturated heterocycles. The van der Waals surface area contributed by atoms with Gasteiger partial charge in [-0.05, 0) is 5.53 Å². The Labute approximate surface area is 255 Å².